The van der Waals surface area contributed by atoms with Crippen molar-refractivity contribution < 1.29 is 4.74 Å². The van der Waals surface area contributed by atoms with E-state index in [0.29, 0.717) is 0 Å². The fraction of sp³-hybridized carbons (Fsp3) is 0.163. The first kappa shape index (κ1) is 27.3. The fourth-order valence-corrected chi connectivity index (χ4v) is 8.16. The van der Waals surface area contributed by atoms with Crippen LogP contribution in [0.4, 0.5) is 17.1 Å². The van der Waals surface area contributed by atoms with Crippen LogP contribution in [0.15, 0.2) is 127 Å². The van der Waals surface area contributed by atoms with Crippen LogP contribution in [0.5, 0.6) is 11.5 Å². The van der Waals surface area contributed by atoms with Gasteiger partial charge in [0.2, 0.25) is 0 Å². The van der Waals surface area contributed by atoms with Crippen molar-refractivity contribution in [2.24, 2.45) is 0 Å². The molecule has 222 valence electrons. The summed E-state index contributed by atoms with van der Waals surface area (Å²) in [6.07, 6.45) is 3.08. The van der Waals surface area contributed by atoms with E-state index in [2.05, 4.69) is 153 Å². The molecule has 2 heterocycles. The third-order valence-corrected chi connectivity index (χ3v) is 10.6. The molecule has 0 radical (unpaired) electrons. The normalized spacial score (nSPS) is 14.5. The van der Waals surface area contributed by atoms with E-state index < -0.39 is 0 Å². The van der Waals surface area contributed by atoms with E-state index >= 15 is 0 Å². The highest BCUT2D eigenvalue weighted by molar-refractivity contribution is 6.99. The van der Waals surface area contributed by atoms with Gasteiger partial charge >= 0.3 is 0 Å². The van der Waals surface area contributed by atoms with Gasteiger partial charge in [-0.25, -0.2) is 0 Å². The molecule has 0 spiro atoms. The lowest BCUT2D eigenvalue weighted by Crippen LogP contribution is -2.59. The van der Waals surface area contributed by atoms with Gasteiger partial charge in [0.05, 0.1) is 0 Å². The van der Waals surface area contributed by atoms with Crippen molar-refractivity contribution in [3.63, 3.8) is 0 Å². The number of rotatable bonds is 5. The van der Waals surface area contributed by atoms with Gasteiger partial charge in [-0.3, -0.25) is 0 Å². The van der Waals surface area contributed by atoms with Crippen LogP contribution >= 0.6 is 0 Å². The van der Waals surface area contributed by atoms with Crippen molar-refractivity contribution in [1.29, 1.82) is 0 Å². The van der Waals surface area contributed by atoms with Gasteiger partial charge in [-0.2, -0.15) is 0 Å². The van der Waals surface area contributed by atoms with Gasteiger partial charge in [0.25, 0.3) is 6.71 Å². The Labute approximate surface area is 272 Å². The molecule has 2 nitrogen and oxygen atoms in total. The maximum absolute atomic E-state index is 6.69. The molecule has 0 bridgehead atoms. The van der Waals surface area contributed by atoms with Gasteiger partial charge in [-0.1, -0.05) is 112 Å². The van der Waals surface area contributed by atoms with Crippen molar-refractivity contribution in [2.45, 2.75) is 45.4 Å². The molecule has 0 saturated heterocycles. The Bertz CT molecular complexity index is 2150. The number of anilines is 3. The van der Waals surface area contributed by atoms with Gasteiger partial charge in [-0.05, 0) is 111 Å². The number of aryl methyl sites for hydroxylation is 3. The number of nitrogens with zero attached hydrogens (tertiary/aromatic N) is 1. The van der Waals surface area contributed by atoms with Gasteiger partial charge in [-0.15, -0.1) is 0 Å². The monoisotopic (exact) mass is 593 g/mol. The molecule has 1 aliphatic carbocycles. The topological polar surface area (TPSA) is 12.5 Å². The number of para-hydroxylation sites is 1. The quantitative estimate of drug-likeness (QED) is 0.185. The van der Waals surface area contributed by atoms with Crippen LogP contribution in [0.3, 0.4) is 0 Å². The minimum atomic E-state index is -0.111. The summed E-state index contributed by atoms with van der Waals surface area (Å²) in [6.45, 7) is 7.13. The SMILES string of the molecule is CCc1ccc2c(c1)Oc1cccc3c1B2c1cc2c(cc1N3c1ccccc1)-c1ccc(CCc3ccccc3)cc1C2(C)C. The Morgan fingerprint density at radius 3 is 2.13 bits per heavy atom. The summed E-state index contributed by atoms with van der Waals surface area (Å²) in [5, 5.41) is 0. The summed E-state index contributed by atoms with van der Waals surface area (Å²) >= 11 is 0. The fourth-order valence-electron chi connectivity index (χ4n) is 8.16. The zero-order valence-corrected chi connectivity index (χ0v) is 26.7. The Balaban J connectivity index is 1.24. The second-order valence-electron chi connectivity index (χ2n) is 13.6. The predicted octanol–water partition coefficient (Wildman–Crippen LogP) is 8.75. The van der Waals surface area contributed by atoms with Crippen molar-refractivity contribution in [1.82, 2.24) is 0 Å². The number of ether oxygens (including phenoxy) is 1. The van der Waals surface area contributed by atoms with E-state index in [4.69, 9.17) is 4.74 Å². The standard InChI is InChI=1S/C43H36BNO/c1-4-28-21-23-36-41(25-28)46-40-17-11-16-38-42(40)44(36)37-27-35-33(26-39(37)45(38)31-14-9-6-10-15-31)32-22-20-30(24-34(32)43(35,2)3)19-18-29-12-7-5-8-13-29/h5-17,20-27H,4,18-19H2,1-3H3. The van der Waals surface area contributed by atoms with E-state index in [1.54, 1.807) is 0 Å². The van der Waals surface area contributed by atoms with Crippen molar-refractivity contribution in [3.8, 4) is 22.6 Å². The first-order chi connectivity index (χ1) is 22.5. The smallest absolute Gasteiger partial charge is 0.256 e. The highest BCUT2D eigenvalue weighted by Crippen LogP contribution is 2.51. The number of hydrogen-bond donors (Lipinski definition) is 0. The molecule has 46 heavy (non-hydrogen) atoms. The lowest BCUT2D eigenvalue weighted by atomic mass is 9.34. The summed E-state index contributed by atoms with van der Waals surface area (Å²) in [7, 11) is 0. The predicted molar refractivity (Wildman–Crippen MR) is 193 cm³/mol. The van der Waals surface area contributed by atoms with Crippen LogP contribution < -0.4 is 26.0 Å². The third kappa shape index (κ3) is 4.04. The molecule has 6 aromatic carbocycles. The highest BCUT2D eigenvalue weighted by atomic mass is 16.5. The summed E-state index contributed by atoms with van der Waals surface area (Å²) in [6, 6.07) is 47.3. The maximum Gasteiger partial charge on any atom is 0.256 e. The summed E-state index contributed by atoms with van der Waals surface area (Å²) in [5.74, 6) is 1.94. The molecule has 0 amide bonds. The summed E-state index contributed by atoms with van der Waals surface area (Å²) in [5.41, 5.74) is 17.0. The molecule has 0 aromatic heterocycles. The van der Waals surface area contributed by atoms with Crippen LogP contribution in [0.25, 0.3) is 11.1 Å². The van der Waals surface area contributed by atoms with Crippen LogP contribution in [0.1, 0.15) is 48.6 Å². The zero-order valence-electron chi connectivity index (χ0n) is 26.7. The van der Waals surface area contributed by atoms with E-state index in [1.807, 2.05) is 0 Å². The number of hydrogen-bond acceptors (Lipinski definition) is 2. The molecule has 0 N–H and O–H groups in total. The molecule has 0 fully saturated rings. The largest absolute Gasteiger partial charge is 0.458 e. The lowest BCUT2D eigenvalue weighted by Gasteiger charge is -2.40. The van der Waals surface area contributed by atoms with Gasteiger partial charge in [0.15, 0.2) is 0 Å². The first-order valence-corrected chi connectivity index (χ1v) is 16.7. The first-order valence-electron chi connectivity index (χ1n) is 16.7. The molecular weight excluding hydrogens is 557 g/mol. The van der Waals surface area contributed by atoms with Gasteiger partial charge in [0, 0.05) is 22.5 Å². The Morgan fingerprint density at radius 1 is 0.587 bits per heavy atom. The molecular formula is C43H36BNO. The molecule has 3 heteroatoms. The minimum absolute atomic E-state index is 0.0991. The van der Waals surface area contributed by atoms with Gasteiger partial charge in [0.1, 0.15) is 11.5 Å². The van der Waals surface area contributed by atoms with Crippen molar-refractivity contribution in [2.75, 3.05) is 4.90 Å². The van der Waals surface area contributed by atoms with Gasteiger partial charge < -0.3 is 9.64 Å². The molecule has 9 rings (SSSR count). The zero-order chi connectivity index (χ0) is 31.0. The molecule has 6 aromatic rings. The average Bonchev–Trinajstić information content (AvgIpc) is 3.31. The van der Waals surface area contributed by atoms with Crippen LogP contribution in [0.2, 0.25) is 0 Å². The van der Waals surface area contributed by atoms with E-state index in [0.717, 1.165) is 36.4 Å². The lowest BCUT2D eigenvalue weighted by molar-refractivity contribution is 0.487. The molecule has 0 saturated carbocycles. The second-order valence-corrected chi connectivity index (χ2v) is 13.6. The Kier molecular flexibility index (Phi) is 6.09. The number of benzene rings is 6. The summed E-state index contributed by atoms with van der Waals surface area (Å²) < 4.78 is 6.69. The second kappa shape index (κ2) is 10.3. The minimum Gasteiger partial charge on any atom is -0.458 e. The van der Waals surface area contributed by atoms with Crippen LogP contribution in [-0.2, 0) is 24.7 Å². The molecule has 0 atom stereocenters. The third-order valence-electron chi connectivity index (χ3n) is 10.6. The molecule has 3 aliphatic rings. The molecule has 2 aliphatic heterocycles. The number of fused-ring (bicyclic) bond motifs is 7. The molecule has 0 unspecified atom stereocenters. The average molecular weight is 594 g/mol. The Hall–Kier alpha value is -5.02. The highest BCUT2D eigenvalue weighted by Gasteiger charge is 2.44. The van der Waals surface area contributed by atoms with E-state index in [-0.39, 0.29) is 12.1 Å². The van der Waals surface area contributed by atoms with Crippen molar-refractivity contribution in [3.05, 3.63) is 155 Å². The summed E-state index contributed by atoms with van der Waals surface area (Å²) in [4.78, 5) is 2.46. The van der Waals surface area contributed by atoms with E-state index in [1.165, 1.54) is 66.7 Å². The van der Waals surface area contributed by atoms with E-state index in [9.17, 15) is 0 Å². The van der Waals surface area contributed by atoms with Crippen molar-refractivity contribution >= 4 is 40.2 Å². The Morgan fingerprint density at radius 2 is 1.33 bits per heavy atom. The maximum atomic E-state index is 6.69. The van der Waals surface area contributed by atoms with Crippen LogP contribution in [0, 0.1) is 0 Å². The van der Waals surface area contributed by atoms with Crippen LogP contribution in [-0.4, -0.2) is 6.71 Å².